The van der Waals surface area contributed by atoms with Gasteiger partial charge in [0, 0.05) is 24.2 Å². The molecule has 2 amide bonds. The van der Waals surface area contributed by atoms with Crippen LogP contribution >= 0.6 is 0 Å². The molecule has 2 heterocycles. The number of amides is 2. The summed E-state index contributed by atoms with van der Waals surface area (Å²) in [6.07, 6.45) is -5.73. The van der Waals surface area contributed by atoms with Crippen molar-refractivity contribution in [3.05, 3.63) is 36.1 Å². The first kappa shape index (κ1) is 39.2. The minimum atomic E-state index is -4.02. The van der Waals surface area contributed by atoms with E-state index in [1.165, 1.54) is 69.9 Å². The number of nitrogens with zero attached hydrogens (tertiary/aromatic N) is 2. The standard InChI is InChI=1S/C32H50N4O11S/c1-9-24-32(8,43)28(39)21(6)36(16-17(2)15-31(7,42)27(38)19(4)26(37)20(5)29(40)46-24)30(41)33-22-10-12-23(13-11-22)48(44,45)35-25-14-18(3)47-34-25/h10-14,17,19-21,24,26-28,37-39,42-43H,9,15-16H2,1-8H3,(H,33,41)(H,34,35)/t17-,19+,20-,21-,24-,26+,27-,28-,31+,32-/m1/s1. The van der Waals surface area contributed by atoms with Crippen LogP contribution in [0.5, 0.6) is 0 Å². The number of cyclic esters (lactones) is 1. The maximum absolute atomic E-state index is 13.8. The lowest BCUT2D eigenvalue weighted by Gasteiger charge is -2.43. The summed E-state index contributed by atoms with van der Waals surface area (Å²) in [4.78, 5) is 28.0. The predicted molar refractivity (Wildman–Crippen MR) is 175 cm³/mol. The Morgan fingerprint density at radius 3 is 2.21 bits per heavy atom. The van der Waals surface area contributed by atoms with Gasteiger partial charge in [-0.15, -0.1) is 0 Å². The van der Waals surface area contributed by atoms with Gasteiger partial charge in [0.15, 0.2) is 5.82 Å². The molecule has 48 heavy (non-hydrogen) atoms. The fourth-order valence-corrected chi connectivity index (χ4v) is 7.23. The van der Waals surface area contributed by atoms with Crippen LogP contribution in [0.2, 0.25) is 0 Å². The lowest BCUT2D eigenvalue weighted by atomic mass is 9.78. The van der Waals surface area contributed by atoms with Gasteiger partial charge in [-0.25, -0.2) is 13.2 Å². The SMILES string of the molecule is CC[C@H]1OC(=O)[C@H](C)[C@@H](O)[C@H](C)[C@@H](O)[C@@](C)(O)C[C@@H](C)CN(C(=O)Nc2ccc(S(=O)(=O)Nc3cc(C)on3)cc2)[C@H](C)[C@@H](O)[C@]1(C)O. The summed E-state index contributed by atoms with van der Waals surface area (Å²) in [6.45, 7) is 12.0. The van der Waals surface area contributed by atoms with Crippen molar-refractivity contribution in [2.75, 3.05) is 16.6 Å². The monoisotopic (exact) mass is 698 g/mol. The van der Waals surface area contributed by atoms with Crippen molar-refractivity contribution in [2.45, 2.75) is 115 Å². The second-order valence-electron chi connectivity index (χ2n) is 13.5. The van der Waals surface area contributed by atoms with Crippen molar-refractivity contribution in [2.24, 2.45) is 17.8 Å². The van der Waals surface area contributed by atoms with E-state index < -0.39 is 81.4 Å². The highest BCUT2D eigenvalue weighted by atomic mass is 32.2. The third kappa shape index (κ3) is 8.84. The van der Waals surface area contributed by atoms with Gasteiger partial charge in [0.05, 0.1) is 34.7 Å². The van der Waals surface area contributed by atoms with Crippen LogP contribution < -0.4 is 10.0 Å². The number of hydrogen-bond donors (Lipinski definition) is 7. The van der Waals surface area contributed by atoms with E-state index in [1.54, 1.807) is 20.8 Å². The molecule has 1 fully saturated rings. The molecule has 1 aliphatic heterocycles. The fourth-order valence-electron chi connectivity index (χ4n) is 6.25. The van der Waals surface area contributed by atoms with Crippen LogP contribution in [0.25, 0.3) is 0 Å². The molecule has 0 bridgehead atoms. The van der Waals surface area contributed by atoms with Gasteiger partial charge in [-0.1, -0.05) is 25.9 Å². The maximum Gasteiger partial charge on any atom is 0.322 e. The van der Waals surface area contributed by atoms with E-state index in [1.807, 2.05) is 0 Å². The van der Waals surface area contributed by atoms with Crippen molar-refractivity contribution in [1.82, 2.24) is 10.1 Å². The summed E-state index contributed by atoms with van der Waals surface area (Å²) in [5.74, 6) is -3.05. The van der Waals surface area contributed by atoms with E-state index in [-0.39, 0.29) is 35.8 Å². The van der Waals surface area contributed by atoms with Crippen LogP contribution in [0.1, 0.15) is 67.1 Å². The number of benzene rings is 1. The van der Waals surface area contributed by atoms with Crippen molar-refractivity contribution in [3.8, 4) is 0 Å². The summed E-state index contributed by atoms with van der Waals surface area (Å²) >= 11 is 0. The molecule has 2 aromatic rings. The maximum atomic E-state index is 13.8. The lowest BCUT2D eigenvalue weighted by molar-refractivity contribution is -0.192. The summed E-state index contributed by atoms with van der Waals surface area (Å²) in [7, 11) is -4.02. The van der Waals surface area contributed by atoms with Gasteiger partial charge in [-0.2, -0.15) is 0 Å². The molecule has 16 heteroatoms. The first-order valence-corrected chi connectivity index (χ1v) is 17.4. The van der Waals surface area contributed by atoms with Gasteiger partial charge in [-0.3, -0.25) is 9.52 Å². The average molecular weight is 699 g/mol. The number of rotatable bonds is 5. The zero-order chi connectivity index (χ0) is 36.4. The van der Waals surface area contributed by atoms with Crippen LogP contribution in [-0.4, -0.2) is 104 Å². The van der Waals surface area contributed by atoms with Gasteiger partial charge in [0.25, 0.3) is 10.0 Å². The highest BCUT2D eigenvalue weighted by Crippen LogP contribution is 2.33. The number of esters is 1. The van der Waals surface area contributed by atoms with Gasteiger partial charge >= 0.3 is 12.0 Å². The van der Waals surface area contributed by atoms with E-state index >= 15 is 0 Å². The van der Waals surface area contributed by atoms with Crippen molar-refractivity contribution < 1.29 is 52.8 Å². The number of urea groups is 1. The largest absolute Gasteiger partial charge is 0.459 e. The van der Waals surface area contributed by atoms with E-state index in [0.717, 1.165) is 0 Å². The number of ether oxygens (including phenoxy) is 1. The number of anilines is 2. The van der Waals surface area contributed by atoms with Gasteiger partial charge in [0.2, 0.25) is 0 Å². The molecule has 1 saturated heterocycles. The van der Waals surface area contributed by atoms with Crippen LogP contribution in [0.4, 0.5) is 16.3 Å². The smallest absolute Gasteiger partial charge is 0.322 e. The van der Waals surface area contributed by atoms with Crippen molar-refractivity contribution >= 4 is 33.5 Å². The molecule has 0 saturated carbocycles. The van der Waals surface area contributed by atoms with E-state index in [2.05, 4.69) is 15.2 Å². The van der Waals surface area contributed by atoms with Crippen LogP contribution in [0.15, 0.2) is 39.8 Å². The highest BCUT2D eigenvalue weighted by Gasteiger charge is 2.48. The summed E-state index contributed by atoms with van der Waals surface area (Å²) in [5.41, 5.74) is -3.60. The first-order chi connectivity index (χ1) is 22.1. The van der Waals surface area contributed by atoms with Gasteiger partial charge in [-0.05, 0) is 77.6 Å². The molecule has 1 aromatic carbocycles. The molecule has 1 aromatic heterocycles. The molecule has 7 N–H and O–H groups in total. The molecule has 1 aliphatic rings. The van der Waals surface area contributed by atoms with E-state index in [9.17, 15) is 43.5 Å². The number of sulfonamides is 1. The van der Waals surface area contributed by atoms with Crippen molar-refractivity contribution in [1.29, 1.82) is 0 Å². The Morgan fingerprint density at radius 2 is 1.67 bits per heavy atom. The predicted octanol–water partition coefficient (Wildman–Crippen LogP) is 2.22. The third-order valence-electron chi connectivity index (χ3n) is 9.20. The molecule has 15 nitrogen and oxygen atoms in total. The topological polar surface area (TPSA) is 232 Å². The number of nitrogens with one attached hydrogen (secondary N) is 2. The number of aryl methyl sites for hydroxylation is 1. The van der Waals surface area contributed by atoms with Crippen LogP contribution in [0, 0.1) is 24.7 Å². The minimum Gasteiger partial charge on any atom is -0.459 e. The molecule has 0 radical (unpaired) electrons. The number of hydrogen-bond acceptors (Lipinski definition) is 12. The summed E-state index contributed by atoms with van der Waals surface area (Å²) in [6, 6.07) is 4.90. The Labute approximate surface area is 281 Å². The summed E-state index contributed by atoms with van der Waals surface area (Å²) < 4.78 is 38.4. The number of carbonyl (C=O) groups excluding carboxylic acids is 2. The zero-order valence-electron chi connectivity index (χ0n) is 28.6. The molecular weight excluding hydrogens is 648 g/mol. The lowest BCUT2D eigenvalue weighted by Crippen LogP contribution is -2.61. The number of carbonyl (C=O) groups is 2. The Morgan fingerprint density at radius 1 is 1.06 bits per heavy atom. The Bertz CT molecular complexity index is 1510. The highest BCUT2D eigenvalue weighted by molar-refractivity contribution is 7.92. The van der Waals surface area contributed by atoms with E-state index in [0.29, 0.717) is 5.76 Å². The zero-order valence-corrected chi connectivity index (χ0v) is 29.4. The Balaban J connectivity index is 1.94. The van der Waals surface area contributed by atoms with Crippen molar-refractivity contribution in [3.63, 3.8) is 0 Å². The number of aliphatic hydroxyl groups is 5. The Hall–Kier alpha value is -3.28. The van der Waals surface area contributed by atoms with Crippen LogP contribution in [-0.2, 0) is 19.6 Å². The normalized spacial score (nSPS) is 34.4. The fraction of sp³-hybridized carbons (Fsp3) is 0.656. The molecular formula is C32H50N4O11S. The number of aliphatic hydroxyl groups excluding tert-OH is 3. The quantitative estimate of drug-likeness (QED) is 0.223. The molecule has 0 aliphatic carbocycles. The minimum absolute atomic E-state index is 0.00593. The third-order valence-corrected chi connectivity index (χ3v) is 10.6. The number of aromatic nitrogens is 1. The molecule has 0 spiro atoms. The second kappa shape index (κ2) is 15.1. The average Bonchev–Trinajstić information content (AvgIpc) is 3.42. The van der Waals surface area contributed by atoms with Gasteiger partial charge in [0.1, 0.15) is 23.6 Å². The molecule has 270 valence electrons. The second-order valence-corrected chi connectivity index (χ2v) is 15.2. The first-order valence-electron chi connectivity index (χ1n) is 16.0. The molecule has 3 rings (SSSR count). The molecule has 0 unspecified atom stereocenters. The molecule has 10 atom stereocenters. The summed E-state index contributed by atoms with van der Waals surface area (Å²) in [5, 5.41) is 62.7. The Kier molecular flexibility index (Phi) is 12.3. The van der Waals surface area contributed by atoms with Crippen LogP contribution in [0.3, 0.4) is 0 Å². The van der Waals surface area contributed by atoms with Gasteiger partial charge < -0.3 is 45.0 Å². The van der Waals surface area contributed by atoms with E-state index in [4.69, 9.17) is 9.26 Å².